The second kappa shape index (κ2) is 12.2. The molecule has 3 aromatic rings. The third-order valence-electron chi connectivity index (χ3n) is 4.74. The molecule has 0 aliphatic heterocycles. The van der Waals surface area contributed by atoms with Gasteiger partial charge >= 0.3 is 11.9 Å². The highest BCUT2D eigenvalue weighted by Gasteiger charge is 2.12. The number of aliphatic carboxylic acids is 2. The molecule has 3 aromatic carbocycles. The maximum Gasteiger partial charge on any atom is 0.328 e. The fraction of sp³-hybridized carbons (Fsp3) is 0.200. The van der Waals surface area contributed by atoms with Crippen molar-refractivity contribution in [3.8, 4) is 11.5 Å². The highest BCUT2D eigenvalue weighted by molar-refractivity contribution is 5.89. The molecule has 0 fully saturated rings. The van der Waals surface area contributed by atoms with Crippen LogP contribution in [0.1, 0.15) is 24.2 Å². The second-order valence-corrected chi connectivity index (χ2v) is 7.46. The van der Waals surface area contributed by atoms with Gasteiger partial charge in [-0.05, 0) is 47.4 Å². The highest BCUT2D eigenvalue weighted by atomic mass is 16.4. The quantitative estimate of drug-likeness (QED) is 0.285. The van der Waals surface area contributed by atoms with Gasteiger partial charge in [0.05, 0.1) is 6.10 Å². The molecule has 0 aromatic heterocycles. The van der Waals surface area contributed by atoms with Gasteiger partial charge in [-0.1, -0.05) is 42.5 Å². The van der Waals surface area contributed by atoms with E-state index in [2.05, 4.69) is 42.6 Å². The smallest absolute Gasteiger partial charge is 0.328 e. The van der Waals surface area contributed by atoms with Gasteiger partial charge in [0.25, 0.3) is 0 Å². The molecule has 0 saturated heterocycles. The minimum Gasteiger partial charge on any atom is -0.508 e. The lowest BCUT2D eigenvalue weighted by atomic mass is 9.99. The highest BCUT2D eigenvalue weighted by Crippen LogP contribution is 2.25. The Kier molecular flexibility index (Phi) is 9.41. The van der Waals surface area contributed by atoms with Gasteiger partial charge in [-0.15, -0.1) is 0 Å². The third-order valence-corrected chi connectivity index (χ3v) is 4.74. The molecule has 0 aliphatic rings. The van der Waals surface area contributed by atoms with Crippen molar-refractivity contribution in [2.45, 2.75) is 25.5 Å². The Morgan fingerprint density at radius 3 is 2.09 bits per heavy atom. The standard InChI is InChI=1S/C21H23NO3.C4H4O4/c1-14(9-16-7-4-6-15-5-2-3-8-20(15)16)22-13-21(25)17-10-18(23)12-19(24)11-17;5-3(6)1-2-4(7)8/h2-8,10-12,14,21-25H,9,13H2,1H3;1-2H,(H,5,6)(H,7,8)/b;2-1+/t14-,21-;/m0./s1. The lowest BCUT2D eigenvalue weighted by Crippen LogP contribution is -2.32. The third kappa shape index (κ3) is 8.64. The van der Waals surface area contributed by atoms with Crippen LogP contribution in [0.3, 0.4) is 0 Å². The average Bonchev–Trinajstić information content (AvgIpc) is 2.76. The normalized spacial score (nSPS) is 12.7. The van der Waals surface area contributed by atoms with Crippen LogP contribution in [0.4, 0.5) is 0 Å². The first-order valence-corrected chi connectivity index (χ1v) is 10.2. The second-order valence-electron chi connectivity index (χ2n) is 7.46. The molecule has 0 radical (unpaired) electrons. The average molecular weight is 453 g/mol. The van der Waals surface area contributed by atoms with Gasteiger partial charge in [-0.25, -0.2) is 9.59 Å². The van der Waals surface area contributed by atoms with Crippen molar-refractivity contribution in [3.05, 3.63) is 83.9 Å². The Hall–Kier alpha value is -3.88. The minimum absolute atomic E-state index is 0.0575. The number of hydrogen-bond acceptors (Lipinski definition) is 6. The number of hydrogen-bond donors (Lipinski definition) is 6. The number of fused-ring (bicyclic) bond motifs is 1. The van der Waals surface area contributed by atoms with Crippen molar-refractivity contribution >= 4 is 22.7 Å². The number of phenolic OH excluding ortho intramolecular Hbond substituents is 2. The molecule has 0 unspecified atom stereocenters. The SMILES string of the molecule is C[C@@H](Cc1cccc2ccccc12)NC[C@H](O)c1cc(O)cc(O)c1.O=C(O)/C=C/C(=O)O. The van der Waals surface area contributed by atoms with Gasteiger partial charge in [0.15, 0.2) is 0 Å². The van der Waals surface area contributed by atoms with Gasteiger partial charge in [0.1, 0.15) is 11.5 Å². The number of carboxylic acid groups (broad SMARTS) is 2. The molecule has 8 nitrogen and oxygen atoms in total. The zero-order chi connectivity index (χ0) is 24.4. The van der Waals surface area contributed by atoms with E-state index in [0.29, 0.717) is 24.3 Å². The van der Waals surface area contributed by atoms with Gasteiger partial charge < -0.3 is 30.8 Å². The summed E-state index contributed by atoms with van der Waals surface area (Å²) < 4.78 is 0. The number of aromatic hydroxyl groups is 2. The van der Waals surface area contributed by atoms with E-state index in [1.165, 1.54) is 34.5 Å². The Labute approximate surface area is 191 Å². The molecule has 0 heterocycles. The van der Waals surface area contributed by atoms with Crippen molar-refractivity contribution < 1.29 is 35.1 Å². The summed E-state index contributed by atoms with van der Waals surface area (Å²) in [6.45, 7) is 2.42. The fourth-order valence-corrected chi connectivity index (χ4v) is 3.26. The Balaban J connectivity index is 0.000000414. The van der Waals surface area contributed by atoms with E-state index in [9.17, 15) is 24.9 Å². The molecule has 0 saturated carbocycles. The first-order chi connectivity index (χ1) is 15.7. The van der Waals surface area contributed by atoms with Crippen molar-refractivity contribution in [1.82, 2.24) is 5.32 Å². The molecule has 2 atom stereocenters. The van der Waals surface area contributed by atoms with Gasteiger partial charge in [0, 0.05) is 30.8 Å². The summed E-state index contributed by atoms with van der Waals surface area (Å²) in [5, 5.41) is 50.7. The first-order valence-electron chi connectivity index (χ1n) is 10.2. The number of nitrogens with one attached hydrogen (secondary N) is 1. The Morgan fingerprint density at radius 1 is 0.909 bits per heavy atom. The molecule has 0 aliphatic carbocycles. The number of phenols is 2. The van der Waals surface area contributed by atoms with Crippen molar-refractivity contribution in [1.29, 1.82) is 0 Å². The lowest BCUT2D eigenvalue weighted by Gasteiger charge is -2.18. The molecule has 8 heteroatoms. The zero-order valence-electron chi connectivity index (χ0n) is 18.0. The van der Waals surface area contributed by atoms with E-state index < -0.39 is 18.0 Å². The summed E-state index contributed by atoms with van der Waals surface area (Å²) in [6, 6.07) is 18.9. The van der Waals surface area contributed by atoms with Crippen molar-refractivity contribution in [2.24, 2.45) is 0 Å². The Bertz CT molecular complexity index is 1090. The monoisotopic (exact) mass is 453 g/mol. The molecular formula is C25H27NO7. The van der Waals surface area contributed by atoms with Crippen molar-refractivity contribution in [3.63, 3.8) is 0 Å². The van der Waals surface area contributed by atoms with Gasteiger partial charge in [-0.3, -0.25) is 0 Å². The summed E-state index contributed by atoms with van der Waals surface area (Å²) >= 11 is 0. The van der Waals surface area contributed by atoms with Crippen LogP contribution in [0.2, 0.25) is 0 Å². The molecule has 0 amide bonds. The maximum absolute atomic E-state index is 10.3. The van der Waals surface area contributed by atoms with Crippen LogP contribution >= 0.6 is 0 Å². The van der Waals surface area contributed by atoms with E-state index in [4.69, 9.17) is 10.2 Å². The number of aliphatic hydroxyl groups is 1. The maximum atomic E-state index is 10.3. The molecule has 0 spiro atoms. The molecule has 6 N–H and O–H groups in total. The van der Waals surface area contributed by atoms with Crippen LogP contribution < -0.4 is 5.32 Å². The van der Waals surface area contributed by atoms with E-state index in [0.717, 1.165) is 6.42 Å². The summed E-state index contributed by atoms with van der Waals surface area (Å²) in [5.41, 5.74) is 1.75. The van der Waals surface area contributed by atoms with Gasteiger partial charge in [0.2, 0.25) is 0 Å². The summed E-state index contributed by atoms with van der Waals surface area (Å²) in [6.07, 6.45) is 1.16. The first kappa shape index (κ1) is 25.4. The number of benzene rings is 3. The van der Waals surface area contributed by atoms with Crippen LogP contribution in [-0.2, 0) is 16.0 Å². The summed E-state index contributed by atoms with van der Waals surface area (Å²) in [5.74, 6) is -2.63. The number of rotatable bonds is 8. The van der Waals surface area contributed by atoms with E-state index >= 15 is 0 Å². The van der Waals surface area contributed by atoms with Crippen molar-refractivity contribution in [2.75, 3.05) is 6.54 Å². The van der Waals surface area contributed by atoms with Crippen LogP contribution in [0.15, 0.2) is 72.8 Å². The van der Waals surface area contributed by atoms with Crippen LogP contribution in [0.5, 0.6) is 11.5 Å². The van der Waals surface area contributed by atoms with E-state index in [1.807, 2.05) is 12.1 Å². The Morgan fingerprint density at radius 2 is 1.48 bits per heavy atom. The van der Waals surface area contributed by atoms with E-state index in [1.54, 1.807) is 0 Å². The number of carbonyl (C=O) groups is 2. The molecule has 33 heavy (non-hydrogen) atoms. The largest absolute Gasteiger partial charge is 0.508 e. The molecule has 0 bridgehead atoms. The predicted octanol–water partition coefficient (Wildman–Crippen LogP) is 3.22. The minimum atomic E-state index is -1.26. The van der Waals surface area contributed by atoms with E-state index in [-0.39, 0.29) is 17.5 Å². The van der Waals surface area contributed by atoms with Gasteiger partial charge in [-0.2, -0.15) is 0 Å². The number of carboxylic acids is 2. The lowest BCUT2D eigenvalue weighted by molar-refractivity contribution is -0.134. The van der Waals surface area contributed by atoms with Crippen LogP contribution in [0.25, 0.3) is 10.8 Å². The molecular weight excluding hydrogens is 426 g/mol. The predicted molar refractivity (Wildman–Crippen MR) is 124 cm³/mol. The molecule has 3 rings (SSSR count). The summed E-state index contributed by atoms with van der Waals surface area (Å²) in [4.78, 5) is 19.1. The molecule has 174 valence electrons. The number of aliphatic hydroxyl groups excluding tert-OH is 1. The van der Waals surface area contributed by atoms with Crippen LogP contribution in [-0.4, -0.2) is 50.1 Å². The fourth-order valence-electron chi connectivity index (χ4n) is 3.26. The summed E-state index contributed by atoms with van der Waals surface area (Å²) in [7, 11) is 0. The van der Waals surface area contributed by atoms with Crippen LogP contribution in [0, 0.1) is 0 Å². The topological polar surface area (TPSA) is 147 Å². The zero-order valence-corrected chi connectivity index (χ0v) is 18.0.